The molecule has 6 nitrogen and oxygen atoms in total. The number of carbonyl (C=O) groups excluding carboxylic acids is 2. The first kappa shape index (κ1) is 18.2. The van der Waals surface area contributed by atoms with Crippen molar-refractivity contribution in [2.75, 3.05) is 13.1 Å². The van der Waals surface area contributed by atoms with Gasteiger partial charge in [0, 0.05) is 30.7 Å². The van der Waals surface area contributed by atoms with Gasteiger partial charge in [0.2, 0.25) is 5.91 Å². The van der Waals surface area contributed by atoms with Crippen molar-refractivity contribution in [2.45, 2.75) is 65.1 Å². The zero-order valence-corrected chi connectivity index (χ0v) is 16.3. The third-order valence-electron chi connectivity index (χ3n) is 4.95. The van der Waals surface area contributed by atoms with Gasteiger partial charge in [-0.3, -0.25) is 4.79 Å². The number of nitrogens with zero attached hydrogens (tertiary/aromatic N) is 3. The topological polar surface area (TPSA) is 62.7 Å². The summed E-state index contributed by atoms with van der Waals surface area (Å²) in [7, 11) is 0. The van der Waals surface area contributed by atoms with Gasteiger partial charge in [0.1, 0.15) is 10.6 Å². The monoisotopic (exact) mass is 365 g/mol. The maximum Gasteiger partial charge on any atom is 0.410 e. The van der Waals surface area contributed by atoms with Crippen molar-refractivity contribution in [3.05, 3.63) is 16.6 Å². The zero-order valence-electron chi connectivity index (χ0n) is 15.4. The Labute approximate surface area is 153 Å². The van der Waals surface area contributed by atoms with Crippen LogP contribution in [0.15, 0.2) is 11.6 Å². The maximum atomic E-state index is 13.2. The van der Waals surface area contributed by atoms with Gasteiger partial charge in [0.15, 0.2) is 0 Å². The number of aromatic nitrogens is 1. The Morgan fingerprint density at radius 3 is 2.88 bits per heavy atom. The van der Waals surface area contributed by atoms with Gasteiger partial charge in [-0.15, -0.1) is 11.3 Å². The molecular weight excluding hydrogens is 338 g/mol. The molecule has 0 bridgehead atoms. The van der Waals surface area contributed by atoms with Gasteiger partial charge >= 0.3 is 6.09 Å². The van der Waals surface area contributed by atoms with Crippen LogP contribution in [0.4, 0.5) is 4.79 Å². The highest BCUT2D eigenvalue weighted by Gasteiger charge is 2.52. The van der Waals surface area contributed by atoms with Crippen LogP contribution in [0.5, 0.6) is 0 Å². The van der Waals surface area contributed by atoms with Crippen LogP contribution in [-0.2, 0) is 16.1 Å². The first-order valence-electron chi connectivity index (χ1n) is 8.88. The van der Waals surface area contributed by atoms with Crippen molar-refractivity contribution in [3.8, 4) is 0 Å². The zero-order chi connectivity index (χ0) is 18.2. The van der Waals surface area contributed by atoms with Gasteiger partial charge in [0.05, 0.1) is 12.0 Å². The first-order valence-corrected chi connectivity index (χ1v) is 9.76. The summed E-state index contributed by atoms with van der Waals surface area (Å²) in [6.07, 6.45) is 3.92. The van der Waals surface area contributed by atoms with Gasteiger partial charge in [-0.1, -0.05) is 0 Å². The molecule has 2 amide bonds. The highest BCUT2D eigenvalue weighted by Crippen LogP contribution is 2.44. The lowest BCUT2D eigenvalue weighted by atomic mass is 9.77. The van der Waals surface area contributed by atoms with Crippen molar-refractivity contribution < 1.29 is 14.3 Å². The van der Waals surface area contributed by atoms with Crippen LogP contribution in [0.2, 0.25) is 0 Å². The molecule has 2 saturated heterocycles. The molecule has 0 aliphatic carbocycles. The number of carbonyl (C=O) groups is 2. The SMILES string of the molecule is CC1CC2(CCCN(C(=O)OC(C)(C)C)C2)C(=O)N1Cc1nccs1. The van der Waals surface area contributed by atoms with Crippen LogP contribution >= 0.6 is 11.3 Å². The molecule has 0 N–H and O–H groups in total. The average molecular weight is 365 g/mol. The molecule has 2 atom stereocenters. The summed E-state index contributed by atoms with van der Waals surface area (Å²) >= 11 is 1.57. The van der Waals surface area contributed by atoms with Gasteiger partial charge in [-0.2, -0.15) is 0 Å². The standard InChI is InChI=1S/C18H27N3O3S/c1-13-10-18(15(22)21(13)11-14-19-7-9-25-14)6-5-8-20(12-18)16(23)24-17(2,3)4/h7,9,13H,5-6,8,10-12H2,1-4H3. The fourth-order valence-corrected chi connectivity index (χ4v) is 4.54. The Morgan fingerprint density at radius 1 is 1.48 bits per heavy atom. The van der Waals surface area contributed by atoms with Crippen LogP contribution < -0.4 is 0 Å². The number of thiazole rings is 1. The molecule has 2 fully saturated rings. The molecule has 2 unspecified atom stereocenters. The fraction of sp³-hybridized carbons (Fsp3) is 0.722. The molecule has 1 aromatic heterocycles. The summed E-state index contributed by atoms with van der Waals surface area (Å²) in [4.78, 5) is 33.6. The third-order valence-corrected chi connectivity index (χ3v) is 5.71. The van der Waals surface area contributed by atoms with E-state index >= 15 is 0 Å². The lowest BCUT2D eigenvalue weighted by molar-refractivity contribution is -0.139. The Bertz CT molecular complexity index is 640. The number of likely N-dealkylation sites (tertiary alicyclic amines) is 2. The van der Waals surface area contributed by atoms with Crippen molar-refractivity contribution in [1.29, 1.82) is 0 Å². The minimum atomic E-state index is -0.522. The molecular formula is C18H27N3O3S. The van der Waals surface area contributed by atoms with Crippen LogP contribution in [0.1, 0.15) is 52.0 Å². The highest BCUT2D eigenvalue weighted by atomic mass is 32.1. The van der Waals surface area contributed by atoms with E-state index in [2.05, 4.69) is 11.9 Å². The number of rotatable bonds is 2. The minimum absolute atomic E-state index is 0.156. The second kappa shape index (κ2) is 6.59. The average Bonchev–Trinajstić information content (AvgIpc) is 3.10. The Kier molecular flexibility index (Phi) is 4.79. The normalized spacial score (nSPS) is 27.2. The van der Waals surface area contributed by atoms with Gasteiger partial charge in [-0.05, 0) is 47.0 Å². The largest absolute Gasteiger partial charge is 0.444 e. The summed E-state index contributed by atoms with van der Waals surface area (Å²) in [6.45, 7) is 9.36. The molecule has 25 heavy (non-hydrogen) atoms. The lowest BCUT2D eigenvalue weighted by Gasteiger charge is -2.39. The molecule has 1 spiro atoms. The molecule has 0 aromatic carbocycles. The lowest BCUT2D eigenvalue weighted by Crippen LogP contribution is -2.50. The van der Waals surface area contributed by atoms with Gasteiger partial charge in [-0.25, -0.2) is 9.78 Å². The Hall–Kier alpha value is -1.63. The van der Waals surface area contributed by atoms with Gasteiger partial charge in [0.25, 0.3) is 0 Å². The van der Waals surface area contributed by atoms with E-state index in [0.29, 0.717) is 19.6 Å². The number of hydrogen-bond acceptors (Lipinski definition) is 5. The first-order chi connectivity index (χ1) is 11.7. The molecule has 0 saturated carbocycles. The molecule has 7 heteroatoms. The predicted octanol–water partition coefficient (Wildman–Crippen LogP) is 3.28. The number of piperidine rings is 1. The van der Waals surface area contributed by atoms with E-state index in [1.807, 2.05) is 31.1 Å². The summed E-state index contributed by atoms with van der Waals surface area (Å²) in [5, 5.41) is 2.89. The van der Waals surface area contributed by atoms with Crippen LogP contribution in [0, 0.1) is 5.41 Å². The van der Waals surface area contributed by atoms with E-state index in [-0.39, 0.29) is 18.0 Å². The van der Waals surface area contributed by atoms with E-state index in [0.717, 1.165) is 24.3 Å². The molecule has 3 heterocycles. The summed E-state index contributed by atoms with van der Waals surface area (Å²) in [6, 6.07) is 0.162. The third kappa shape index (κ3) is 3.81. The molecule has 2 aliphatic heterocycles. The van der Waals surface area contributed by atoms with Crippen molar-refractivity contribution >= 4 is 23.3 Å². The molecule has 3 rings (SSSR count). The number of hydrogen-bond donors (Lipinski definition) is 0. The molecule has 2 aliphatic rings. The van der Waals surface area contributed by atoms with E-state index in [4.69, 9.17) is 4.74 Å². The Morgan fingerprint density at radius 2 is 2.24 bits per heavy atom. The smallest absolute Gasteiger partial charge is 0.410 e. The summed E-state index contributed by atoms with van der Waals surface area (Å²) in [5.41, 5.74) is -0.989. The van der Waals surface area contributed by atoms with Crippen LogP contribution in [0.3, 0.4) is 0 Å². The van der Waals surface area contributed by atoms with Gasteiger partial charge < -0.3 is 14.5 Å². The van der Waals surface area contributed by atoms with E-state index in [9.17, 15) is 9.59 Å². The minimum Gasteiger partial charge on any atom is -0.444 e. The highest BCUT2D eigenvalue weighted by molar-refractivity contribution is 7.09. The van der Waals surface area contributed by atoms with Crippen molar-refractivity contribution in [3.63, 3.8) is 0 Å². The van der Waals surface area contributed by atoms with Crippen molar-refractivity contribution in [2.24, 2.45) is 5.41 Å². The molecule has 0 radical (unpaired) electrons. The Balaban J connectivity index is 1.72. The van der Waals surface area contributed by atoms with E-state index in [1.165, 1.54) is 0 Å². The van der Waals surface area contributed by atoms with E-state index < -0.39 is 11.0 Å². The molecule has 1 aromatic rings. The number of ether oxygens (including phenoxy) is 1. The summed E-state index contributed by atoms with van der Waals surface area (Å²) in [5.74, 6) is 0.156. The predicted molar refractivity (Wildman–Crippen MR) is 96.2 cm³/mol. The van der Waals surface area contributed by atoms with Crippen molar-refractivity contribution in [1.82, 2.24) is 14.8 Å². The quantitative estimate of drug-likeness (QED) is 0.807. The number of amides is 2. The van der Waals surface area contributed by atoms with E-state index in [1.54, 1.807) is 22.4 Å². The second-order valence-electron chi connectivity index (χ2n) is 8.20. The van der Waals surface area contributed by atoms with Crippen LogP contribution in [0.25, 0.3) is 0 Å². The maximum absolute atomic E-state index is 13.2. The molecule has 138 valence electrons. The summed E-state index contributed by atoms with van der Waals surface area (Å²) < 4.78 is 5.51. The van der Waals surface area contributed by atoms with Crippen LogP contribution in [-0.4, -0.2) is 51.5 Å². The second-order valence-corrected chi connectivity index (χ2v) is 9.18. The fourth-order valence-electron chi connectivity index (χ4n) is 3.93.